The van der Waals surface area contributed by atoms with E-state index in [9.17, 15) is 25.4 Å². The van der Waals surface area contributed by atoms with Crippen LogP contribution in [0.25, 0.3) is 6.08 Å². The molecule has 1 aliphatic rings. The van der Waals surface area contributed by atoms with E-state index in [1.54, 1.807) is 36.4 Å². The Labute approximate surface area is 205 Å². The first kappa shape index (κ1) is 23.7. The summed E-state index contributed by atoms with van der Waals surface area (Å²) in [7, 11) is 0. The molecule has 174 valence electrons. The number of hydrogen-bond donors (Lipinski definition) is 1. The fraction of sp³-hybridized carbons (Fsp3) is 0.192. The lowest BCUT2D eigenvalue weighted by molar-refractivity contribution is -0.384. The van der Waals surface area contributed by atoms with E-state index in [1.165, 1.54) is 29.5 Å². The van der Waals surface area contributed by atoms with Gasteiger partial charge in [-0.05, 0) is 60.6 Å². The van der Waals surface area contributed by atoms with Crippen LogP contribution in [0.15, 0.2) is 54.1 Å². The fourth-order valence-corrected chi connectivity index (χ4v) is 5.08. The van der Waals surface area contributed by atoms with Crippen LogP contribution in [0.5, 0.6) is 5.75 Å². The lowest BCUT2D eigenvalue weighted by atomic mass is 9.96. The van der Waals surface area contributed by atoms with Crippen LogP contribution >= 0.6 is 11.3 Å². The Balaban J connectivity index is 1.43. The third-order valence-corrected chi connectivity index (χ3v) is 6.80. The van der Waals surface area contributed by atoms with Gasteiger partial charge in [-0.2, -0.15) is 10.5 Å². The summed E-state index contributed by atoms with van der Waals surface area (Å²) >= 11 is 1.41. The zero-order valence-corrected chi connectivity index (χ0v) is 19.4. The fourth-order valence-electron chi connectivity index (χ4n) is 3.84. The van der Waals surface area contributed by atoms with E-state index in [1.807, 2.05) is 6.07 Å². The molecule has 0 saturated heterocycles. The molecule has 9 heteroatoms. The molecule has 2 aromatic carbocycles. The molecule has 0 saturated carbocycles. The number of aryl methyl sites for hydroxylation is 1. The van der Waals surface area contributed by atoms with Crippen molar-refractivity contribution in [2.45, 2.75) is 32.3 Å². The molecule has 0 bridgehead atoms. The number of nitriles is 2. The number of fused-ring (bicyclic) bond motifs is 1. The van der Waals surface area contributed by atoms with Crippen LogP contribution in [-0.4, -0.2) is 10.8 Å². The Morgan fingerprint density at radius 2 is 1.94 bits per heavy atom. The summed E-state index contributed by atoms with van der Waals surface area (Å²) in [5, 5.41) is 33.3. The van der Waals surface area contributed by atoms with Crippen molar-refractivity contribution in [3.05, 3.63) is 91.3 Å². The zero-order valence-electron chi connectivity index (χ0n) is 18.6. The molecular weight excluding hydrogens is 464 g/mol. The first-order valence-electron chi connectivity index (χ1n) is 10.9. The number of carbonyl (C=O) groups is 1. The van der Waals surface area contributed by atoms with Crippen LogP contribution in [-0.2, 0) is 24.2 Å². The van der Waals surface area contributed by atoms with Gasteiger partial charge in [0.05, 0.1) is 10.5 Å². The van der Waals surface area contributed by atoms with Crippen molar-refractivity contribution >= 4 is 34.0 Å². The Hall–Kier alpha value is -4.47. The van der Waals surface area contributed by atoms with E-state index < -0.39 is 10.8 Å². The van der Waals surface area contributed by atoms with Gasteiger partial charge in [-0.15, -0.1) is 11.3 Å². The average Bonchev–Trinajstić information content (AvgIpc) is 3.23. The number of rotatable bonds is 7. The number of nitrogens with one attached hydrogen (secondary N) is 1. The quantitative estimate of drug-likeness (QED) is 0.203. The normalized spacial score (nSPS) is 12.7. The van der Waals surface area contributed by atoms with Crippen LogP contribution in [0, 0.1) is 32.8 Å². The average molecular weight is 485 g/mol. The van der Waals surface area contributed by atoms with E-state index in [4.69, 9.17) is 4.74 Å². The van der Waals surface area contributed by atoms with E-state index in [0.717, 1.165) is 36.1 Å². The Bertz CT molecular complexity index is 1390. The monoisotopic (exact) mass is 484 g/mol. The van der Waals surface area contributed by atoms with E-state index >= 15 is 0 Å². The number of hydrogen-bond acceptors (Lipinski definition) is 7. The minimum absolute atomic E-state index is 0.00139. The molecule has 0 fully saturated rings. The summed E-state index contributed by atoms with van der Waals surface area (Å²) in [6.45, 7) is 0.161. The number of ether oxygens (including phenoxy) is 1. The van der Waals surface area contributed by atoms with Crippen molar-refractivity contribution in [2.24, 2.45) is 0 Å². The van der Waals surface area contributed by atoms with Gasteiger partial charge in [0.1, 0.15) is 35.1 Å². The Morgan fingerprint density at radius 3 is 2.66 bits per heavy atom. The number of anilines is 1. The Kier molecular flexibility index (Phi) is 7.20. The SMILES string of the molecule is N#C/C(=C\c1ccc(OCc2cccc([N+](=O)[O-])c2)cc1)C(=O)Nc1sc2c(c1C#N)CCCC2. The lowest BCUT2D eigenvalue weighted by Gasteiger charge is -2.09. The van der Waals surface area contributed by atoms with Gasteiger partial charge in [0, 0.05) is 17.0 Å². The van der Waals surface area contributed by atoms with Gasteiger partial charge in [0.2, 0.25) is 0 Å². The molecule has 1 aromatic heterocycles. The summed E-state index contributed by atoms with van der Waals surface area (Å²) in [5.41, 5.74) is 2.73. The largest absolute Gasteiger partial charge is 0.489 e. The minimum Gasteiger partial charge on any atom is -0.489 e. The second kappa shape index (κ2) is 10.6. The van der Waals surface area contributed by atoms with Gasteiger partial charge in [-0.3, -0.25) is 14.9 Å². The number of benzene rings is 2. The van der Waals surface area contributed by atoms with Crippen molar-refractivity contribution in [1.29, 1.82) is 10.5 Å². The molecule has 0 aliphatic heterocycles. The number of carbonyl (C=O) groups excluding carboxylic acids is 1. The van der Waals surface area contributed by atoms with Gasteiger partial charge >= 0.3 is 0 Å². The summed E-state index contributed by atoms with van der Waals surface area (Å²) in [4.78, 5) is 24.3. The maximum absolute atomic E-state index is 12.8. The second-order valence-corrected chi connectivity index (χ2v) is 9.04. The first-order valence-corrected chi connectivity index (χ1v) is 11.7. The van der Waals surface area contributed by atoms with Crippen molar-refractivity contribution < 1.29 is 14.5 Å². The van der Waals surface area contributed by atoms with Crippen molar-refractivity contribution in [1.82, 2.24) is 0 Å². The molecule has 0 unspecified atom stereocenters. The van der Waals surface area contributed by atoms with Gasteiger partial charge in [-0.25, -0.2) is 0 Å². The number of non-ortho nitro benzene ring substituents is 1. The minimum atomic E-state index is -0.561. The maximum atomic E-state index is 12.8. The second-order valence-electron chi connectivity index (χ2n) is 7.94. The molecule has 1 aliphatic carbocycles. The highest BCUT2D eigenvalue weighted by molar-refractivity contribution is 7.16. The first-order chi connectivity index (χ1) is 17.0. The highest BCUT2D eigenvalue weighted by Gasteiger charge is 2.22. The third kappa shape index (κ3) is 5.55. The summed E-state index contributed by atoms with van der Waals surface area (Å²) in [6, 6.07) is 17.1. The van der Waals surface area contributed by atoms with Crippen LogP contribution < -0.4 is 10.1 Å². The molecule has 1 N–H and O–H groups in total. The smallest absolute Gasteiger partial charge is 0.269 e. The van der Waals surface area contributed by atoms with E-state index in [0.29, 0.717) is 27.4 Å². The molecule has 0 spiro atoms. The van der Waals surface area contributed by atoms with Gasteiger partial charge in [0.15, 0.2) is 0 Å². The number of nitro groups is 1. The molecule has 1 heterocycles. The molecule has 0 atom stereocenters. The van der Waals surface area contributed by atoms with Crippen LogP contribution in [0.3, 0.4) is 0 Å². The van der Waals surface area contributed by atoms with E-state index in [2.05, 4.69) is 11.4 Å². The number of nitro benzene ring substituents is 1. The highest BCUT2D eigenvalue weighted by Crippen LogP contribution is 2.37. The lowest BCUT2D eigenvalue weighted by Crippen LogP contribution is -2.13. The van der Waals surface area contributed by atoms with Crippen molar-refractivity contribution in [3.63, 3.8) is 0 Å². The molecule has 0 radical (unpaired) electrons. The van der Waals surface area contributed by atoms with Crippen LogP contribution in [0.2, 0.25) is 0 Å². The number of amides is 1. The van der Waals surface area contributed by atoms with Gasteiger partial charge in [0.25, 0.3) is 11.6 Å². The predicted molar refractivity (Wildman–Crippen MR) is 132 cm³/mol. The van der Waals surface area contributed by atoms with Crippen molar-refractivity contribution in [3.8, 4) is 17.9 Å². The number of thiophene rings is 1. The zero-order chi connectivity index (χ0) is 24.8. The third-order valence-electron chi connectivity index (χ3n) is 5.59. The Morgan fingerprint density at radius 1 is 1.17 bits per heavy atom. The maximum Gasteiger partial charge on any atom is 0.269 e. The highest BCUT2D eigenvalue weighted by atomic mass is 32.1. The van der Waals surface area contributed by atoms with Gasteiger partial charge < -0.3 is 10.1 Å². The molecule has 1 amide bonds. The van der Waals surface area contributed by atoms with Crippen LogP contribution in [0.1, 0.15) is 40.0 Å². The van der Waals surface area contributed by atoms with Gasteiger partial charge in [-0.1, -0.05) is 24.3 Å². The van der Waals surface area contributed by atoms with E-state index in [-0.39, 0.29) is 17.9 Å². The topological polar surface area (TPSA) is 129 Å². The molecule has 35 heavy (non-hydrogen) atoms. The standard InChI is InChI=1S/C26H20N4O4S/c27-14-19(25(31)29-26-23(15-28)22-6-1-2-7-24(22)35-26)12-17-8-10-21(11-9-17)34-16-18-4-3-5-20(13-18)30(32)33/h3-5,8-13H,1-2,6-7,16H2,(H,29,31)/b19-12+. The molecule has 4 rings (SSSR count). The number of nitrogens with zero attached hydrogens (tertiary/aromatic N) is 3. The molecular formula is C26H20N4O4S. The molecule has 8 nitrogen and oxygen atoms in total. The summed E-state index contributed by atoms with van der Waals surface area (Å²) < 4.78 is 5.69. The van der Waals surface area contributed by atoms with Crippen LogP contribution in [0.4, 0.5) is 10.7 Å². The summed E-state index contributed by atoms with van der Waals surface area (Å²) in [6.07, 6.45) is 5.31. The molecule has 3 aromatic rings. The van der Waals surface area contributed by atoms with Crippen molar-refractivity contribution in [2.75, 3.05) is 5.32 Å². The summed E-state index contributed by atoms with van der Waals surface area (Å²) in [5.74, 6) is -0.0203. The predicted octanol–water partition coefficient (Wildman–Crippen LogP) is 5.53.